The van der Waals surface area contributed by atoms with Crippen molar-refractivity contribution >= 4 is 5.91 Å². The Kier molecular flexibility index (Phi) is 6.35. The standard InChI is InChI=1S/C23H29FN2O2/c1-16-6-5-7-22(19(16)4)28-15-23(27)26-13-17(2)25(12-18(26)3)14-20-8-10-21(24)11-9-20/h5-11,17-18H,12-15H2,1-4H3/t17-,18+/m0/s1. The Morgan fingerprint density at radius 3 is 2.50 bits per heavy atom. The zero-order valence-corrected chi connectivity index (χ0v) is 17.1. The third kappa shape index (κ3) is 4.71. The zero-order valence-electron chi connectivity index (χ0n) is 17.1. The molecule has 1 heterocycles. The van der Waals surface area contributed by atoms with Gasteiger partial charge in [-0.05, 0) is 62.6 Å². The first-order chi connectivity index (χ1) is 13.3. The first-order valence-corrected chi connectivity index (χ1v) is 9.82. The Bertz CT molecular complexity index is 822. The van der Waals surface area contributed by atoms with E-state index < -0.39 is 0 Å². The largest absolute Gasteiger partial charge is 0.483 e. The van der Waals surface area contributed by atoms with E-state index in [1.807, 2.05) is 49.1 Å². The fourth-order valence-electron chi connectivity index (χ4n) is 3.69. The van der Waals surface area contributed by atoms with Crippen LogP contribution in [-0.2, 0) is 11.3 Å². The lowest BCUT2D eigenvalue weighted by Crippen LogP contribution is -2.58. The summed E-state index contributed by atoms with van der Waals surface area (Å²) >= 11 is 0. The molecule has 0 aromatic heterocycles. The van der Waals surface area contributed by atoms with E-state index in [2.05, 4.69) is 18.7 Å². The van der Waals surface area contributed by atoms with Gasteiger partial charge in [0, 0.05) is 31.7 Å². The van der Waals surface area contributed by atoms with E-state index >= 15 is 0 Å². The summed E-state index contributed by atoms with van der Waals surface area (Å²) in [6.07, 6.45) is 0. The van der Waals surface area contributed by atoms with Gasteiger partial charge in [0.15, 0.2) is 6.61 Å². The van der Waals surface area contributed by atoms with Gasteiger partial charge in [-0.3, -0.25) is 9.69 Å². The van der Waals surface area contributed by atoms with E-state index in [0.29, 0.717) is 6.54 Å². The number of rotatable bonds is 5. The third-order valence-corrected chi connectivity index (χ3v) is 5.64. The van der Waals surface area contributed by atoms with Crippen LogP contribution >= 0.6 is 0 Å². The van der Waals surface area contributed by atoms with Crippen molar-refractivity contribution in [3.63, 3.8) is 0 Å². The first kappa shape index (κ1) is 20.3. The number of halogens is 1. The van der Waals surface area contributed by atoms with Crippen LogP contribution in [0, 0.1) is 19.7 Å². The molecule has 0 spiro atoms. The van der Waals surface area contributed by atoms with E-state index in [0.717, 1.165) is 35.5 Å². The van der Waals surface area contributed by atoms with Gasteiger partial charge in [0.25, 0.3) is 5.91 Å². The predicted molar refractivity (Wildman–Crippen MR) is 109 cm³/mol. The lowest BCUT2D eigenvalue weighted by Gasteiger charge is -2.44. The SMILES string of the molecule is Cc1cccc(OCC(=O)N2C[C@H](C)N(Cc3ccc(F)cc3)C[C@H]2C)c1C. The fraction of sp³-hybridized carbons (Fsp3) is 0.435. The van der Waals surface area contributed by atoms with E-state index in [9.17, 15) is 9.18 Å². The number of benzene rings is 2. The second-order valence-corrected chi connectivity index (χ2v) is 7.79. The van der Waals surface area contributed by atoms with Crippen molar-refractivity contribution in [3.8, 4) is 5.75 Å². The van der Waals surface area contributed by atoms with Crippen molar-refractivity contribution in [2.45, 2.75) is 46.3 Å². The van der Waals surface area contributed by atoms with Crippen LogP contribution in [0.1, 0.15) is 30.5 Å². The van der Waals surface area contributed by atoms with Crippen LogP contribution in [0.3, 0.4) is 0 Å². The van der Waals surface area contributed by atoms with Gasteiger partial charge in [-0.1, -0.05) is 24.3 Å². The second-order valence-electron chi connectivity index (χ2n) is 7.79. The van der Waals surface area contributed by atoms with Gasteiger partial charge < -0.3 is 9.64 Å². The number of amides is 1. The molecule has 0 aliphatic carbocycles. The Morgan fingerprint density at radius 2 is 1.79 bits per heavy atom. The third-order valence-electron chi connectivity index (χ3n) is 5.64. The molecule has 0 bridgehead atoms. The molecule has 28 heavy (non-hydrogen) atoms. The average molecular weight is 384 g/mol. The van der Waals surface area contributed by atoms with E-state index in [1.165, 1.54) is 12.1 Å². The van der Waals surface area contributed by atoms with Crippen molar-refractivity contribution in [2.24, 2.45) is 0 Å². The molecular weight excluding hydrogens is 355 g/mol. The van der Waals surface area contributed by atoms with Crippen LogP contribution in [0.25, 0.3) is 0 Å². The molecule has 1 amide bonds. The number of nitrogens with zero attached hydrogens (tertiary/aromatic N) is 2. The number of piperazine rings is 1. The summed E-state index contributed by atoms with van der Waals surface area (Å²) in [5.74, 6) is 0.565. The lowest BCUT2D eigenvalue weighted by molar-refractivity contribution is -0.139. The molecule has 0 saturated carbocycles. The molecule has 0 unspecified atom stereocenters. The quantitative estimate of drug-likeness (QED) is 0.783. The molecule has 1 saturated heterocycles. The fourth-order valence-corrected chi connectivity index (χ4v) is 3.69. The van der Waals surface area contributed by atoms with Crippen molar-refractivity contribution in [3.05, 3.63) is 65.0 Å². The topological polar surface area (TPSA) is 32.8 Å². The summed E-state index contributed by atoms with van der Waals surface area (Å²) in [7, 11) is 0. The molecule has 5 heteroatoms. The lowest BCUT2D eigenvalue weighted by atomic mass is 10.1. The highest BCUT2D eigenvalue weighted by molar-refractivity contribution is 5.78. The van der Waals surface area contributed by atoms with Crippen LogP contribution in [0.4, 0.5) is 4.39 Å². The molecule has 1 fully saturated rings. The highest BCUT2D eigenvalue weighted by Crippen LogP contribution is 2.22. The zero-order chi connectivity index (χ0) is 20.3. The number of hydrogen-bond donors (Lipinski definition) is 0. The molecule has 3 rings (SSSR count). The van der Waals surface area contributed by atoms with Gasteiger partial charge >= 0.3 is 0 Å². The first-order valence-electron chi connectivity index (χ1n) is 9.82. The molecule has 4 nitrogen and oxygen atoms in total. The molecular formula is C23H29FN2O2. The van der Waals surface area contributed by atoms with E-state index in [1.54, 1.807) is 0 Å². The average Bonchev–Trinajstić information content (AvgIpc) is 2.67. The Balaban J connectivity index is 1.57. The Labute approximate surface area is 166 Å². The summed E-state index contributed by atoms with van der Waals surface area (Å²) in [5, 5.41) is 0. The van der Waals surface area contributed by atoms with Crippen molar-refractivity contribution < 1.29 is 13.9 Å². The highest BCUT2D eigenvalue weighted by Gasteiger charge is 2.32. The maximum atomic E-state index is 13.1. The number of ether oxygens (including phenoxy) is 1. The Morgan fingerprint density at radius 1 is 1.07 bits per heavy atom. The molecule has 2 aromatic rings. The molecule has 2 atom stereocenters. The highest BCUT2D eigenvalue weighted by atomic mass is 19.1. The number of hydrogen-bond acceptors (Lipinski definition) is 3. The van der Waals surface area contributed by atoms with Gasteiger partial charge in [-0.25, -0.2) is 4.39 Å². The molecule has 2 aromatic carbocycles. The smallest absolute Gasteiger partial charge is 0.260 e. The molecule has 1 aliphatic heterocycles. The molecule has 0 radical (unpaired) electrons. The molecule has 0 N–H and O–H groups in total. The van der Waals surface area contributed by atoms with Crippen LogP contribution in [0.5, 0.6) is 5.75 Å². The second kappa shape index (κ2) is 8.74. The van der Waals surface area contributed by atoms with Crippen LogP contribution in [0.2, 0.25) is 0 Å². The van der Waals surface area contributed by atoms with Crippen LogP contribution < -0.4 is 4.74 Å². The summed E-state index contributed by atoms with van der Waals surface area (Å²) in [5.41, 5.74) is 3.31. The number of carbonyl (C=O) groups is 1. The summed E-state index contributed by atoms with van der Waals surface area (Å²) < 4.78 is 18.9. The molecule has 1 aliphatic rings. The van der Waals surface area contributed by atoms with Gasteiger partial charge in [0.2, 0.25) is 0 Å². The van der Waals surface area contributed by atoms with E-state index in [-0.39, 0.29) is 30.4 Å². The van der Waals surface area contributed by atoms with Crippen molar-refractivity contribution in [1.29, 1.82) is 0 Å². The summed E-state index contributed by atoms with van der Waals surface area (Å²) in [6, 6.07) is 12.8. The summed E-state index contributed by atoms with van der Waals surface area (Å²) in [4.78, 5) is 17.0. The predicted octanol–water partition coefficient (Wildman–Crippen LogP) is 3.94. The van der Waals surface area contributed by atoms with Gasteiger partial charge in [0.1, 0.15) is 11.6 Å². The normalized spacial score (nSPS) is 20.2. The van der Waals surface area contributed by atoms with Crippen LogP contribution in [0.15, 0.2) is 42.5 Å². The van der Waals surface area contributed by atoms with Gasteiger partial charge in [-0.15, -0.1) is 0 Å². The van der Waals surface area contributed by atoms with E-state index in [4.69, 9.17) is 4.74 Å². The number of aryl methyl sites for hydroxylation is 1. The molecule has 150 valence electrons. The Hall–Kier alpha value is -2.40. The minimum atomic E-state index is -0.218. The van der Waals surface area contributed by atoms with Crippen molar-refractivity contribution in [2.75, 3.05) is 19.7 Å². The maximum absolute atomic E-state index is 13.1. The van der Waals surface area contributed by atoms with Gasteiger partial charge in [-0.2, -0.15) is 0 Å². The van der Waals surface area contributed by atoms with Gasteiger partial charge in [0.05, 0.1) is 0 Å². The monoisotopic (exact) mass is 384 g/mol. The minimum Gasteiger partial charge on any atom is -0.483 e. The number of carbonyl (C=O) groups excluding carboxylic acids is 1. The van der Waals surface area contributed by atoms with Crippen LogP contribution in [-0.4, -0.2) is 47.5 Å². The van der Waals surface area contributed by atoms with Crippen molar-refractivity contribution in [1.82, 2.24) is 9.80 Å². The minimum absolute atomic E-state index is 0.0155. The maximum Gasteiger partial charge on any atom is 0.260 e. The summed E-state index contributed by atoms with van der Waals surface area (Å²) in [6.45, 7) is 10.5.